The molecule has 0 amide bonds. The fraction of sp³-hybridized carbons (Fsp3) is 1.00. The Morgan fingerprint density at radius 3 is 2.36 bits per heavy atom. The van der Waals surface area contributed by atoms with Crippen LogP contribution in [0.4, 0.5) is 4.39 Å². The van der Waals surface area contributed by atoms with Crippen LogP contribution in [-0.2, 0) is 4.74 Å². The van der Waals surface area contributed by atoms with E-state index in [4.69, 9.17) is 4.74 Å². The molecule has 0 bridgehead atoms. The Bertz CT molecular complexity index is 63.1. The summed E-state index contributed by atoms with van der Waals surface area (Å²) in [5.41, 5.74) is 0. The Morgan fingerprint density at radius 1 is 1.00 bits per heavy atom. The van der Waals surface area contributed by atoms with E-state index in [0.717, 1.165) is 37.8 Å². The van der Waals surface area contributed by atoms with Crippen molar-refractivity contribution in [2.75, 3.05) is 25.2 Å². The molecule has 0 saturated carbocycles. The molecular weight excluding hydrogens is 211 g/mol. The van der Waals surface area contributed by atoms with Gasteiger partial charge in [0.25, 0.3) is 0 Å². The van der Waals surface area contributed by atoms with E-state index in [1.165, 1.54) is 0 Å². The maximum atomic E-state index is 11.6. The Balaban J connectivity index is 2.69. The molecule has 0 aliphatic heterocycles. The Hall–Kier alpha value is 0.370. The molecule has 11 heavy (non-hydrogen) atoms. The maximum Gasteiger partial charge on any atom is 0.0894 e. The first-order chi connectivity index (χ1) is 5.41. The predicted molar refractivity (Wildman–Crippen MR) is 49.1 cm³/mol. The molecule has 0 heterocycles. The lowest BCUT2D eigenvalue weighted by Gasteiger charge is -2.00. The summed E-state index contributed by atoms with van der Waals surface area (Å²) in [4.78, 5) is 0. The molecular formula is C8H16BrFO. The van der Waals surface area contributed by atoms with Gasteiger partial charge in [0.05, 0.1) is 13.3 Å². The number of halogens is 2. The molecule has 68 valence electrons. The van der Waals surface area contributed by atoms with Crippen molar-refractivity contribution in [3.05, 3.63) is 0 Å². The number of hydrogen-bond acceptors (Lipinski definition) is 1. The molecule has 0 fully saturated rings. The zero-order chi connectivity index (χ0) is 8.36. The minimum absolute atomic E-state index is 0.178. The molecule has 0 unspecified atom stereocenters. The van der Waals surface area contributed by atoms with Crippen molar-refractivity contribution >= 4 is 15.9 Å². The summed E-state index contributed by atoms with van der Waals surface area (Å²) < 4.78 is 16.8. The van der Waals surface area contributed by atoms with Gasteiger partial charge in [-0.25, -0.2) is 0 Å². The molecule has 0 spiro atoms. The van der Waals surface area contributed by atoms with Crippen LogP contribution in [0.15, 0.2) is 0 Å². The minimum Gasteiger partial charge on any atom is -0.381 e. The Labute approximate surface area is 76.4 Å². The van der Waals surface area contributed by atoms with Crippen LogP contribution in [0.3, 0.4) is 0 Å². The second kappa shape index (κ2) is 10.4. The van der Waals surface area contributed by atoms with Crippen molar-refractivity contribution in [3.8, 4) is 0 Å². The van der Waals surface area contributed by atoms with Crippen molar-refractivity contribution in [2.24, 2.45) is 0 Å². The fourth-order valence-electron chi connectivity index (χ4n) is 0.809. The molecule has 0 radical (unpaired) electrons. The molecule has 0 aromatic carbocycles. The lowest BCUT2D eigenvalue weighted by molar-refractivity contribution is 0.145. The molecule has 0 aliphatic rings. The second-order valence-electron chi connectivity index (χ2n) is 2.40. The van der Waals surface area contributed by atoms with Gasteiger partial charge in [-0.2, -0.15) is 0 Å². The summed E-state index contributed by atoms with van der Waals surface area (Å²) in [6, 6.07) is 0. The SMILES string of the molecule is FCCCCCCOCCBr. The number of ether oxygens (including phenoxy) is 1. The van der Waals surface area contributed by atoms with Crippen LogP contribution in [-0.4, -0.2) is 25.2 Å². The van der Waals surface area contributed by atoms with Gasteiger partial charge in [0, 0.05) is 11.9 Å². The zero-order valence-corrected chi connectivity index (χ0v) is 8.41. The van der Waals surface area contributed by atoms with Gasteiger partial charge in [-0.3, -0.25) is 4.39 Å². The van der Waals surface area contributed by atoms with E-state index in [1.54, 1.807) is 0 Å². The van der Waals surface area contributed by atoms with Gasteiger partial charge in [0.15, 0.2) is 0 Å². The lowest BCUT2D eigenvalue weighted by atomic mass is 10.2. The summed E-state index contributed by atoms with van der Waals surface area (Å²) in [5.74, 6) is 0. The van der Waals surface area contributed by atoms with Crippen molar-refractivity contribution in [2.45, 2.75) is 25.7 Å². The molecule has 0 rings (SSSR count). The van der Waals surface area contributed by atoms with Gasteiger partial charge < -0.3 is 4.74 Å². The van der Waals surface area contributed by atoms with E-state index in [-0.39, 0.29) is 6.67 Å². The van der Waals surface area contributed by atoms with Crippen molar-refractivity contribution in [1.29, 1.82) is 0 Å². The summed E-state index contributed by atoms with van der Waals surface area (Å²) in [6.07, 6.45) is 3.85. The van der Waals surface area contributed by atoms with E-state index in [9.17, 15) is 4.39 Å². The molecule has 0 N–H and O–H groups in total. The maximum absolute atomic E-state index is 11.6. The second-order valence-corrected chi connectivity index (χ2v) is 3.20. The third kappa shape index (κ3) is 10.4. The largest absolute Gasteiger partial charge is 0.381 e. The fourth-order valence-corrected chi connectivity index (χ4v) is 1.04. The molecule has 3 heteroatoms. The minimum atomic E-state index is -0.178. The lowest BCUT2D eigenvalue weighted by Crippen LogP contribution is -1.97. The highest BCUT2D eigenvalue weighted by atomic mass is 79.9. The van der Waals surface area contributed by atoms with Crippen LogP contribution in [0.5, 0.6) is 0 Å². The zero-order valence-electron chi connectivity index (χ0n) is 6.82. The summed E-state index contributed by atoms with van der Waals surface area (Å²) >= 11 is 3.27. The average Bonchev–Trinajstić information content (AvgIpc) is 2.03. The third-order valence-corrected chi connectivity index (χ3v) is 1.72. The Kier molecular flexibility index (Phi) is 10.7. The van der Waals surface area contributed by atoms with Crippen molar-refractivity contribution in [3.63, 3.8) is 0 Å². The third-order valence-electron chi connectivity index (χ3n) is 1.39. The van der Waals surface area contributed by atoms with Gasteiger partial charge in [0.1, 0.15) is 0 Å². The van der Waals surface area contributed by atoms with Crippen LogP contribution in [0, 0.1) is 0 Å². The number of rotatable bonds is 8. The number of unbranched alkanes of at least 4 members (excludes halogenated alkanes) is 3. The van der Waals surface area contributed by atoms with Crippen LogP contribution < -0.4 is 0 Å². The van der Waals surface area contributed by atoms with E-state index in [0.29, 0.717) is 6.42 Å². The topological polar surface area (TPSA) is 9.23 Å². The summed E-state index contributed by atoms with van der Waals surface area (Å²) in [6.45, 7) is 1.42. The average molecular weight is 227 g/mol. The van der Waals surface area contributed by atoms with Gasteiger partial charge in [-0.1, -0.05) is 28.8 Å². The first kappa shape index (κ1) is 11.4. The molecule has 0 aliphatic carbocycles. The highest BCUT2D eigenvalue weighted by molar-refractivity contribution is 9.09. The molecule has 1 nitrogen and oxygen atoms in total. The monoisotopic (exact) mass is 226 g/mol. The first-order valence-corrected chi connectivity index (χ1v) is 5.23. The Morgan fingerprint density at radius 2 is 1.73 bits per heavy atom. The van der Waals surface area contributed by atoms with Gasteiger partial charge >= 0.3 is 0 Å². The van der Waals surface area contributed by atoms with E-state index >= 15 is 0 Å². The van der Waals surface area contributed by atoms with Crippen LogP contribution in [0.1, 0.15) is 25.7 Å². The van der Waals surface area contributed by atoms with Crippen LogP contribution >= 0.6 is 15.9 Å². The number of alkyl halides is 2. The van der Waals surface area contributed by atoms with Crippen LogP contribution in [0.25, 0.3) is 0 Å². The van der Waals surface area contributed by atoms with E-state index in [1.807, 2.05) is 0 Å². The van der Waals surface area contributed by atoms with Crippen molar-refractivity contribution in [1.82, 2.24) is 0 Å². The molecule has 0 saturated heterocycles. The van der Waals surface area contributed by atoms with Gasteiger partial charge in [-0.15, -0.1) is 0 Å². The molecule has 0 aromatic heterocycles. The molecule has 0 aromatic rings. The molecule has 0 atom stereocenters. The quantitative estimate of drug-likeness (QED) is 0.457. The first-order valence-electron chi connectivity index (χ1n) is 4.11. The van der Waals surface area contributed by atoms with E-state index < -0.39 is 0 Å². The normalized spacial score (nSPS) is 10.4. The van der Waals surface area contributed by atoms with Gasteiger partial charge in [-0.05, 0) is 12.8 Å². The highest BCUT2D eigenvalue weighted by Crippen LogP contribution is 2.00. The van der Waals surface area contributed by atoms with Crippen molar-refractivity contribution < 1.29 is 9.13 Å². The highest BCUT2D eigenvalue weighted by Gasteiger charge is 1.89. The van der Waals surface area contributed by atoms with Crippen LogP contribution in [0.2, 0.25) is 0 Å². The standard InChI is InChI=1S/C8H16BrFO/c9-5-8-11-7-4-2-1-3-6-10/h1-8H2. The smallest absolute Gasteiger partial charge is 0.0894 e. The summed E-state index contributed by atoms with van der Waals surface area (Å²) in [5, 5.41) is 0.900. The predicted octanol–water partition coefficient (Wildman–Crippen LogP) is 2.93. The summed E-state index contributed by atoms with van der Waals surface area (Å²) in [7, 11) is 0. The number of hydrogen-bond donors (Lipinski definition) is 0. The van der Waals surface area contributed by atoms with E-state index in [2.05, 4.69) is 15.9 Å². The van der Waals surface area contributed by atoms with Gasteiger partial charge in [0.2, 0.25) is 0 Å².